The van der Waals surface area contributed by atoms with Gasteiger partial charge in [0.2, 0.25) is 0 Å². The van der Waals surface area contributed by atoms with E-state index in [1.807, 2.05) is 13.0 Å². The van der Waals surface area contributed by atoms with E-state index in [0.29, 0.717) is 43.6 Å². The van der Waals surface area contributed by atoms with Crippen molar-refractivity contribution in [3.05, 3.63) is 36.4 Å². The molecule has 5 aliphatic rings. The van der Waals surface area contributed by atoms with E-state index in [4.69, 9.17) is 4.74 Å². The van der Waals surface area contributed by atoms with E-state index in [-0.39, 0.29) is 16.3 Å². The lowest BCUT2D eigenvalue weighted by molar-refractivity contribution is -0.153. The van der Waals surface area contributed by atoms with E-state index in [2.05, 4.69) is 30.3 Å². The maximum atomic E-state index is 14.6. The Hall–Kier alpha value is -1.38. The fourth-order valence-corrected chi connectivity index (χ4v) is 12.3. The first-order chi connectivity index (χ1) is 17.0. The molecule has 1 N–H and O–H groups in total. The van der Waals surface area contributed by atoms with Crippen molar-refractivity contribution < 1.29 is 26.5 Å². The molecule has 196 valence electrons. The third-order valence-corrected chi connectivity index (χ3v) is 13.0. The van der Waals surface area contributed by atoms with Crippen molar-refractivity contribution >= 4 is 31.8 Å². The second kappa shape index (κ2) is 8.57. The topological polar surface area (TPSA) is 63.6 Å². The van der Waals surface area contributed by atoms with Crippen molar-refractivity contribution in [2.75, 3.05) is 18.1 Å². The predicted octanol–water partition coefficient (Wildman–Crippen LogP) is 6.69. The van der Waals surface area contributed by atoms with Gasteiger partial charge < -0.3 is 4.74 Å². The normalized spacial score (nSPS) is 36.0. The van der Waals surface area contributed by atoms with Crippen LogP contribution in [0.2, 0.25) is 0 Å². The first-order valence-electron chi connectivity index (χ1n) is 13.2. The Labute approximate surface area is 215 Å². The molecule has 0 amide bonds. The van der Waals surface area contributed by atoms with Crippen molar-refractivity contribution in [1.29, 1.82) is 0 Å². The molecule has 7 rings (SSSR count). The second-order valence-electron chi connectivity index (χ2n) is 12.0. The lowest BCUT2D eigenvalue weighted by Gasteiger charge is -2.64. The van der Waals surface area contributed by atoms with Crippen LogP contribution in [0, 0.1) is 28.6 Å². The number of ether oxygens (including phenoxy) is 1. The summed E-state index contributed by atoms with van der Waals surface area (Å²) in [6.45, 7) is 2.62. The molecule has 4 bridgehead atoms. The van der Waals surface area contributed by atoms with E-state index in [1.165, 1.54) is 10.3 Å². The van der Waals surface area contributed by atoms with Gasteiger partial charge >= 0.3 is 15.4 Å². The van der Waals surface area contributed by atoms with Crippen LogP contribution in [0.25, 0.3) is 10.8 Å². The van der Waals surface area contributed by atoms with Gasteiger partial charge in [-0.15, -0.1) is 0 Å². The third-order valence-electron chi connectivity index (χ3n) is 9.62. The van der Waals surface area contributed by atoms with Gasteiger partial charge in [-0.3, -0.25) is 4.55 Å². The van der Waals surface area contributed by atoms with E-state index in [1.54, 1.807) is 0 Å². The van der Waals surface area contributed by atoms with E-state index in [0.717, 1.165) is 48.3 Å². The molecule has 4 saturated carbocycles. The Morgan fingerprint density at radius 2 is 1.78 bits per heavy atom. The number of halogens is 2. The van der Waals surface area contributed by atoms with Gasteiger partial charge in [-0.1, -0.05) is 18.2 Å². The highest BCUT2D eigenvalue weighted by atomic mass is 32.2. The number of hydrogen-bond acceptors (Lipinski definition) is 3. The highest BCUT2D eigenvalue weighted by Gasteiger charge is 2.64. The molecule has 4 aliphatic carbocycles. The highest BCUT2D eigenvalue weighted by molar-refractivity contribution is 7.97. The van der Waals surface area contributed by atoms with Gasteiger partial charge in [0, 0.05) is 40.4 Å². The fraction of sp³-hybridized carbons (Fsp3) is 0.643. The maximum Gasteiger partial charge on any atom is 0.370 e. The Balaban J connectivity index is 1.28. The van der Waals surface area contributed by atoms with Crippen LogP contribution in [0.15, 0.2) is 41.3 Å². The van der Waals surface area contributed by atoms with Crippen LogP contribution >= 0.6 is 0 Å². The maximum absolute atomic E-state index is 14.6. The van der Waals surface area contributed by atoms with Gasteiger partial charge in [-0.25, -0.2) is 0 Å². The molecule has 2 aromatic carbocycles. The largest absolute Gasteiger partial charge is 0.493 e. The molecule has 5 fully saturated rings. The van der Waals surface area contributed by atoms with Gasteiger partial charge in [0.1, 0.15) is 17.3 Å². The molecular formula is C28H35F2O4S2+. The molecule has 4 unspecified atom stereocenters. The zero-order valence-corrected chi connectivity index (χ0v) is 22.4. The van der Waals surface area contributed by atoms with Crippen molar-refractivity contribution in [1.82, 2.24) is 0 Å². The van der Waals surface area contributed by atoms with E-state index >= 15 is 0 Å². The third kappa shape index (κ3) is 4.06. The average Bonchev–Trinajstić information content (AvgIpc) is 3.28. The first-order valence-corrected chi connectivity index (χ1v) is 16.2. The standard InChI is InChI=1S/C28H34F2O4S2/c1-2-34-24-7-8-25(23-6-4-3-5-22(23)24)35-10-9-21(16-35)27-14-19-11-20(15-27)13-26(12-19,17-27)18-28(29,30)36(31,32)33/h3-8,19-21H,2,9-18H2,1H3/p+1. The number of fused-ring (bicyclic) bond motifs is 1. The van der Waals surface area contributed by atoms with Gasteiger partial charge in [0.25, 0.3) is 0 Å². The minimum absolute atomic E-state index is 0.0300. The van der Waals surface area contributed by atoms with Crippen LogP contribution in [0.3, 0.4) is 0 Å². The zero-order valence-electron chi connectivity index (χ0n) is 20.7. The molecule has 36 heavy (non-hydrogen) atoms. The Bertz CT molecular complexity index is 1260. The molecule has 4 atom stereocenters. The van der Waals surface area contributed by atoms with Crippen LogP contribution in [0.4, 0.5) is 8.78 Å². The number of alkyl halides is 2. The minimum atomic E-state index is -5.40. The molecule has 1 heterocycles. The lowest BCUT2D eigenvalue weighted by atomic mass is 9.41. The average molecular weight is 538 g/mol. The van der Waals surface area contributed by atoms with Crippen LogP contribution in [-0.2, 0) is 21.0 Å². The molecule has 1 aliphatic heterocycles. The summed E-state index contributed by atoms with van der Waals surface area (Å²) in [5.74, 6) is 4.40. The molecule has 1 saturated heterocycles. The smallest absolute Gasteiger partial charge is 0.370 e. The molecule has 8 heteroatoms. The van der Waals surface area contributed by atoms with E-state index in [9.17, 15) is 21.8 Å². The number of benzene rings is 2. The van der Waals surface area contributed by atoms with Crippen LogP contribution in [-0.4, -0.2) is 36.3 Å². The van der Waals surface area contributed by atoms with Crippen molar-refractivity contribution in [3.63, 3.8) is 0 Å². The summed E-state index contributed by atoms with van der Waals surface area (Å²) in [6, 6.07) is 12.8. The Morgan fingerprint density at radius 1 is 1.08 bits per heavy atom. The van der Waals surface area contributed by atoms with Crippen LogP contribution in [0.5, 0.6) is 5.75 Å². The summed E-state index contributed by atoms with van der Waals surface area (Å²) in [4.78, 5) is 1.38. The number of hydrogen-bond donors (Lipinski definition) is 1. The SMILES string of the molecule is CCOc1ccc([S+]2CCC(C34CC5CC(CC(CC(F)(F)S(=O)(=O)O)(C5)C3)C4)C2)c2ccccc12. The van der Waals surface area contributed by atoms with Crippen molar-refractivity contribution in [3.8, 4) is 5.75 Å². The summed E-state index contributed by atoms with van der Waals surface area (Å²) in [7, 11) is -5.31. The van der Waals surface area contributed by atoms with Gasteiger partial charge in [-0.05, 0) is 86.3 Å². The highest BCUT2D eigenvalue weighted by Crippen LogP contribution is 2.70. The van der Waals surface area contributed by atoms with E-state index < -0.39 is 27.2 Å². The van der Waals surface area contributed by atoms with Crippen molar-refractivity contribution in [2.24, 2.45) is 28.6 Å². The zero-order chi connectivity index (χ0) is 25.3. The molecule has 0 aromatic heterocycles. The molecule has 0 spiro atoms. The monoisotopic (exact) mass is 537 g/mol. The Morgan fingerprint density at radius 3 is 2.44 bits per heavy atom. The lowest BCUT2D eigenvalue weighted by Crippen LogP contribution is -2.56. The van der Waals surface area contributed by atoms with Gasteiger partial charge in [-0.2, -0.15) is 17.2 Å². The molecule has 4 nitrogen and oxygen atoms in total. The van der Waals surface area contributed by atoms with Gasteiger partial charge in [0.05, 0.1) is 6.61 Å². The Kier molecular flexibility index (Phi) is 5.93. The van der Waals surface area contributed by atoms with Crippen LogP contribution in [0.1, 0.15) is 58.3 Å². The molecule has 2 aromatic rings. The second-order valence-corrected chi connectivity index (χ2v) is 15.7. The summed E-state index contributed by atoms with van der Waals surface area (Å²) in [5.41, 5.74) is -0.640. The van der Waals surface area contributed by atoms with Crippen LogP contribution < -0.4 is 4.74 Å². The molecule has 0 radical (unpaired) electrons. The number of rotatable bonds is 7. The van der Waals surface area contributed by atoms with Gasteiger partial charge in [0.15, 0.2) is 4.90 Å². The summed E-state index contributed by atoms with van der Waals surface area (Å²) >= 11 is 0. The summed E-state index contributed by atoms with van der Waals surface area (Å²) < 4.78 is 67.3. The summed E-state index contributed by atoms with van der Waals surface area (Å²) in [6.07, 6.45) is 5.69. The predicted molar refractivity (Wildman–Crippen MR) is 139 cm³/mol. The quantitative estimate of drug-likeness (QED) is 0.316. The summed E-state index contributed by atoms with van der Waals surface area (Å²) in [5, 5.41) is -1.67. The fourth-order valence-electron chi connectivity index (χ4n) is 8.89. The minimum Gasteiger partial charge on any atom is -0.493 e. The van der Waals surface area contributed by atoms with Crippen molar-refractivity contribution in [2.45, 2.75) is 68.4 Å². The molecular weight excluding hydrogens is 502 g/mol. The first kappa shape index (κ1) is 24.9.